The summed E-state index contributed by atoms with van der Waals surface area (Å²) < 4.78 is 47.6. The molecule has 1 amide bonds. The van der Waals surface area contributed by atoms with E-state index >= 15 is 0 Å². The van der Waals surface area contributed by atoms with Crippen LogP contribution in [0.4, 0.5) is 13.2 Å². The number of alkyl halides is 3. The number of amides is 1. The Hall–Kier alpha value is -1.96. The largest absolute Gasteiger partial charge is 0.493 e. The zero-order valence-electron chi connectivity index (χ0n) is 13.5. The molecule has 0 radical (unpaired) electrons. The molecule has 0 unspecified atom stereocenters. The number of carbonyl (C=O) groups is 1. The third kappa shape index (κ3) is 5.59. The van der Waals surface area contributed by atoms with Crippen LogP contribution in [0.25, 0.3) is 0 Å². The third-order valence-corrected chi connectivity index (χ3v) is 3.81. The first kappa shape index (κ1) is 18.4. The van der Waals surface area contributed by atoms with Crippen molar-refractivity contribution in [2.24, 2.45) is 0 Å². The Kier molecular flexibility index (Phi) is 6.30. The van der Waals surface area contributed by atoms with Crippen LogP contribution in [0.2, 0.25) is 0 Å². The molecule has 5 nitrogen and oxygen atoms in total. The lowest BCUT2D eigenvalue weighted by Gasteiger charge is -2.34. The molecule has 8 heteroatoms. The highest BCUT2D eigenvalue weighted by molar-refractivity contribution is 5.76. The molecule has 1 fully saturated rings. The summed E-state index contributed by atoms with van der Waals surface area (Å²) in [6.45, 7) is 2.78. The highest BCUT2D eigenvalue weighted by Gasteiger charge is 2.34. The number of para-hydroxylation sites is 2. The zero-order valence-corrected chi connectivity index (χ0v) is 13.5. The Morgan fingerprint density at radius 3 is 2.33 bits per heavy atom. The molecule has 0 N–H and O–H groups in total. The molecule has 2 rings (SSSR count). The van der Waals surface area contributed by atoms with Gasteiger partial charge in [-0.05, 0) is 12.1 Å². The average molecular weight is 346 g/mol. The second-order valence-corrected chi connectivity index (χ2v) is 5.51. The van der Waals surface area contributed by atoms with Crippen LogP contribution in [-0.4, -0.2) is 68.3 Å². The van der Waals surface area contributed by atoms with Crippen LogP contribution in [0, 0.1) is 0 Å². The van der Waals surface area contributed by atoms with Gasteiger partial charge in [0.2, 0.25) is 5.91 Å². The smallest absolute Gasteiger partial charge is 0.397 e. The molecule has 0 saturated carbocycles. The van der Waals surface area contributed by atoms with Gasteiger partial charge in [0, 0.05) is 32.7 Å². The number of benzene rings is 1. The van der Waals surface area contributed by atoms with E-state index < -0.39 is 18.5 Å². The van der Waals surface area contributed by atoms with Crippen molar-refractivity contribution in [2.75, 3.05) is 46.4 Å². The second kappa shape index (κ2) is 8.23. The Bertz CT molecular complexity index is 544. The number of hydrogen-bond acceptors (Lipinski definition) is 4. The predicted molar refractivity (Wildman–Crippen MR) is 82.2 cm³/mol. The molecule has 0 aromatic heterocycles. The van der Waals surface area contributed by atoms with Gasteiger partial charge in [-0.1, -0.05) is 12.1 Å². The first-order valence-electron chi connectivity index (χ1n) is 7.72. The molecule has 134 valence electrons. The van der Waals surface area contributed by atoms with Gasteiger partial charge in [0.25, 0.3) is 0 Å². The van der Waals surface area contributed by atoms with Crippen molar-refractivity contribution in [3.63, 3.8) is 0 Å². The van der Waals surface area contributed by atoms with Crippen molar-refractivity contribution in [1.82, 2.24) is 9.80 Å². The summed E-state index contributed by atoms with van der Waals surface area (Å²) in [6.07, 6.45) is -5.83. The first-order chi connectivity index (χ1) is 11.4. The minimum absolute atomic E-state index is 0.309. The lowest BCUT2D eigenvalue weighted by atomic mass is 10.2. The van der Waals surface area contributed by atoms with Gasteiger partial charge in [-0.25, -0.2) is 0 Å². The van der Waals surface area contributed by atoms with Crippen molar-refractivity contribution in [1.29, 1.82) is 0 Å². The Morgan fingerprint density at radius 2 is 1.75 bits per heavy atom. The van der Waals surface area contributed by atoms with Gasteiger partial charge >= 0.3 is 6.18 Å². The number of methoxy groups -OCH3 is 1. The Morgan fingerprint density at radius 1 is 1.12 bits per heavy atom. The fourth-order valence-corrected chi connectivity index (χ4v) is 2.53. The van der Waals surface area contributed by atoms with Gasteiger partial charge in [0.1, 0.15) is 13.0 Å². The summed E-state index contributed by atoms with van der Waals surface area (Å²) in [5, 5.41) is 0. The minimum Gasteiger partial charge on any atom is -0.493 e. The number of piperazine rings is 1. The van der Waals surface area contributed by atoms with Crippen LogP contribution >= 0.6 is 0 Å². The minimum atomic E-state index is -4.45. The molecular weight excluding hydrogens is 325 g/mol. The van der Waals surface area contributed by atoms with Crippen molar-refractivity contribution in [2.45, 2.75) is 12.6 Å². The van der Waals surface area contributed by atoms with E-state index in [2.05, 4.69) is 4.90 Å². The molecular formula is C16H21F3N2O3. The zero-order chi connectivity index (χ0) is 17.6. The second-order valence-electron chi connectivity index (χ2n) is 5.51. The van der Waals surface area contributed by atoms with Crippen molar-refractivity contribution >= 4 is 5.91 Å². The molecule has 1 aromatic carbocycles. The molecule has 1 aliphatic heterocycles. The fourth-order valence-electron chi connectivity index (χ4n) is 2.53. The Labute approximate surface area is 138 Å². The van der Waals surface area contributed by atoms with Gasteiger partial charge < -0.3 is 14.4 Å². The predicted octanol–water partition coefficient (Wildman–Crippen LogP) is 2.17. The number of carbonyl (C=O) groups excluding carboxylic acids is 1. The van der Waals surface area contributed by atoms with Crippen LogP contribution in [0.1, 0.15) is 6.42 Å². The van der Waals surface area contributed by atoms with E-state index in [-0.39, 0.29) is 0 Å². The van der Waals surface area contributed by atoms with Crippen LogP contribution < -0.4 is 9.47 Å². The first-order valence-corrected chi connectivity index (χ1v) is 7.72. The van der Waals surface area contributed by atoms with Gasteiger partial charge in [0.05, 0.1) is 7.11 Å². The quantitative estimate of drug-likeness (QED) is 0.792. The molecule has 1 saturated heterocycles. The highest BCUT2D eigenvalue weighted by Crippen LogP contribution is 2.25. The van der Waals surface area contributed by atoms with Gasteiger partial charge in [-0.2, -0.15) is 13.2 Å². The van der Waals surface area contributed by atoms with Gasteiger partial charge in [-0.3, -0.25) is 9.69 Å². The lowest BCUT2D eigenvalue weighted by Crippen LogP contribution is -2.50. The molecule has 0 spiro atoms. The summed E-state index contributed by atoms with van der Waals surface area (Å²) in [5.41, 5.74) is 0. The highest BCUT2D eigenvalue weighted by atomic mass is 19.4. The van der Waals surface area contributed by atoms with Crippen molar-refractivity contribution < 1.29 is 27.4 Å². The summed E-state index contributed by atoms with van der Waals surface area (Å²) in [7, 11) is 1.57. The van der Waals surface area contributed by atoms with E-state index in [9.17, 15) is 18.0 Å². The number of halogens is 3. The summed E-state index contributed by atoms with van der Waals surface area (Å²) in [4.78, 5) is 14.9. The van der Waals surface area contributed by atoms with Crippen LogP contribution in [0.15, 0.2) is 24.3 Å². The summed E-state index contributed by atoms with van der Waals surface area (Å²) in [6, 6.07) is 7.32. The number of nitrogens with zero attached hydrogens (tertiary/aromatic N) is 2. The van der Waals surface area contributed by atoms with Crippen molar-refractivity contribution in [3.8, 4) is 11.5 Å². The van der Waals surface area contributed by atoms with Crippen molar-refractivity contribution in [3.05, 3.63) is 24.3 Å². The topological polar surface area (TPSA) is 42.0 Å². The van der Waals surface area contributed by atoms with E-state index in [1.165, 1.54) is 4.90 Å². The molecule has 24 heavy (non-hydrogen) atoms. The number of ether oxygens (including phenoxy) is 2. The number of rotatable bonds is 6. The Balaban J connectivity index is 1.71. The molecule has 1 aliphatic rings. The molecule has 1 heterocycles. The molecule has 0 atom stereocenters. The van der Waals surface area contributed by atoms with Gasteiger partial charge in [-0.15, -0.1) is 0 Å². The lowest BCUT2D eigenvalue weighted by molar-refractivity contribution is -0.162. The number of hydrogen-bond donors (Lipinski definition) is 0. The maximum atomic E-state index is 12.2. The summed E-state index contributed by atoms with van der Waals surface area (Å²) >= 11 is 0. The molecule has 1 aromatic rings. The SMILES string of the molecule is COc1ccccc1OCCN1CCN(C(=O)CC(F)(F)F)CC1. The average Bonchev–Trinajstić information content (AvgIpc) is 2.54. The normalized spacial score (nSPS) is 16.1. The standard InChI is InChI=1S/C16H21F3N2O3/c1-23-13-4-2-3-5-14(13)24-11-10-20-6-8-21(9-7-20)15(22)12-16(17,18)19/h2-5H,6-12H2,1H3. The maximum absolute atomic E-state index is 12.2. The van der Waals surface area contributed by atoms with E-state index in [0.29, 0.717) is 50.8 Å². The van der Waals surface area contributed by atoms with E-state index in [0.717, 1.165) is 0 Å². The van der Waals surface area contributed by atoms with E-state index in [4.69, 9.17) is 9.47 Å². The maximum Gasteiger partial charge on any atom is 0.397 e. The van der Waals surface area contributed by atoms with Crippen LogP contribution in [0.5, 0.6) is 11.5 Å². The third-order valence-electron chi connectivity index (χ3n) is 3.81. The molecule has 0 bridgehead atoms. The van der Waals surface area contributed by atoms with Crippen LogP contribution in [-0.2, 0) is 4.79 Å². The fraction of sp³-hybridized carbons (Fsp3) is 0.562. The monoisotopic (exact) mass is 346 g/mol. The summed E-state index contributed by atoms with van der Waals surface area (Å²) in [5.74, 6) is 0.450. The molecule has 0 aliphatic carbocycles. The van der Waals surface area contributed by atoms with Gasteiger partial charge in [0.15, 0.2) is 11.5 Å². The van der Waals surface area contributed by atoms with Crippen LogP contribution in [0.3, 0.4) is 0 Å². The van der Waals surface area contributed by atoms with E-state index in [1.807, 2.05) is 18.2 Å². The van der Waals surface area contributed by atoms with E-state index in [1.54, 1.807) is 13.2 Å².